The summed E-state index contributed by atoms with van der Waals surface area (Å²) in [5.74, 6) is 1.88. The lowest BCUT2D eigenvalue weighted by molar-refractivity contribution is 0.662. The van der Waals surface area contributed by atoms with Crippen LogP contribution in [0.1, 0.15) is 37.4 Å². The van der Waals surface area contributed by atoms with E-state index in [-0.39, 0.29) is 0 Å². The first kappa shape index (κ1) is 12.1. The second-order valence-electron chi connectivity index (χ2n) is 4.83. The van der Waals surface area contributed by atoms with Crippen LogP contribution in [0.3, 0.4) is 0 Å². The highest BCUT2D eigenvalue weighted by molar-refractivity contribution is 5.52. The summed E-state index contributed by atoms with van der Waals surface area (Å²) in [6, 6.07) is 0. The third kappa shape index (κ3) is 2.68. The zero-order chi connectivity index (χ0) is 12.3. The summed E-state index contributed by atoms with van der Waals surface area (Å²) < 4.78 is 0. The van der Waals surface area contributed by atoms with Gasteiger partial charge in [-0.2, -0.15) is 4.98 Å². The second-order valence-corrected chi connectivity index (χ2v) is 4.83. The highest BCUT2D eigenvalue weighted by Gasteiger charge is 2.18. The molecule has 1 aliphatic rings. The van der Waals surface area contributed by atoms with E-state index in [0.717, 1.165) is 37.6 Å². The molecule has 0 radical (unpaired) electrons. The van der Waals surface area contributed by atoms with Crippen LogP contribution in [0, 0.1) is 0 Å². The molecule has 1 heterocycles. The molecule has 0 saturated heterocycles. The van der Waals surface area contributed by atoms with E-state index >= 15 is 0 Å². The smallest absolute Gasteiger partial charge is 0.227 e. The topological polar surface area (TPSA) is 41.1 Å². The number of aromatic nitrogens is 2. The first-order valence-electron chi connectivity index (χ1n) is 6.53. The Hall–Kier alpha value is -1.32. The SMILES string of the molecule is CCCNc1nc(N(C)C)nc2c1CCCC2. The van der Waals surface area contributed by atoms with Crippen molar-refractivity contribution in [1.29, 1.82) is 0 Å². The largest absolute Gasteiger partial charge is 0.370 e. The van der Waals surface area contributed by atoms with E-state index < -0.39 is 0 Å². The fourth-order valence-electron chi connectivity index (χ4n) is 2.17. The van der Waals surface area contributed by atoms with Crippen LogP contribution >= 0.6 is 0 Å². The van der Waals surface area contributed by atoms with Gasteiger partial charge in [-0.05, 0) is 32.1 Å². The van der Waals surface area contributed by atoms with E-state index in [1.165, 1.54) is 24.1 Å². The lowest BCUT2D eigenvalue weighted by Gasteiger charge is -2.21. The minimum atomic E-state index is 0.823. The molecule has 0 bridgehead atoms. The Morgan fingerprint density at radius 2 is 1.94 bits per heavy atom. The van der Waals surface area contributed by atoms with Crippen molar-refractivity contribution < 1.29 is 0 Å². The molecular formula is C13H22N4. The van der Waals surface area contributed by atoms with Gasteiger partial charge in [0, 0.05) is 26.2 Å². The number of anilines is 2. The molecule has 1 N–H and O–H groups in total. The zero-order valence-corrected chi connectivity index (χ0v) is 11.1. The molecule has 0 amide bonds. The van der Waals surface area contributed by atoms with Crippen LogP contribution < -0.4 is 10.2 Å². The molecule has 0 aliphatic heterocycles. The molecule has 4 nitrogen and oxygen atoms in total. The van der Waals surface area contributed by atoms with E-state index in [0.29, 0.717) is 0 Å². The lowest BCUT2D eigenvalue weighted by atomic mass is 9.96. The highest BCUT2D eigenvalue weighted by Crippen LogP contribution is 2.27. The summed E-state index contributed by atoms with van der Waals surface area (Å²) >= 11 is 0. The van der Waals surface area contributed by atoms with Crippen molar-refractivity contribution in [2.45, 2.75) is 39.0 Å². The summed E-state index contributed by atoms with van der Waals surface area (Å²) in [7, 11) is 3.99. The molecule has 94 valence electrons. The maximum Gasteiger partial charge on any atom is 0.227 e. The molecule has 4 heteroatoms. The first-order valence-corrected chi connectivity index (χ1v) is 6.53. The quantitative estimate of drug-likeness (QED) is 0.867. The zero-order valence-electron chi connectivity index (χ0n) is 11.1. The van der Waals surface area contributed by atoms with Crippen LogP contribution in [-0.2, 0) is 12.8 Å². The molecule has 0 atom stereocenters. The summed E-state index contributed by atoms with van der Waals surface area (Å²) in [5, 5.41) is 3.44. The molecule has 0 unspecified atom stereocenters. The van der Waals surface area contributed by atoms with E-state index in [1.54, 1.807) is 0 Å². The van der Waals surface area contributed by atoms with Gasteiger partial charge in [0.15, 0.2) is 0 Å². The molecule has 2 rings (SSSR count). The van der Waals surface area contributed by atoms with Gasteiger partial charge in [0.2, 0.25) is 5.95 Å². The molecule has 0 aromatic carbocycles. The number of rotatable bonds is 4. The fraction of sp³-hybridized carbons (Fsp3) is 0.692. The number of nitrogens with zero attached hydrogens (tertiary/aromatic N) is 3. The van der Waals surface area contributed by atoms with Crippen molar-refractivity contribution >= 4 is 11.8 Å². The number of hydrogen-bond donors (Lipinski definition) is 1. The van der Waals surface area contributed by atoms with Crippen LogP contribution in [0.2, 0.25) is 0 Å². The van der Waals surface area contributed by atoms with Crippen LogP contribution in [0.25, 0.3) is 0 Å². The minimum absolute atomic E-state index is 0.823. The normalized spacial score (nSPS) is 14.3. The summed E-state index contributed by atoms with van der Waals surface area (Å²) in [6.07, 6.45) is 5.85. The third-order valence-corrected chi connectivity index (χ3v) is 3.11. The first-order chi connectivity index (χ1) is 8.22. The van der Waals surface area contributed by atoms with Crippen LogP contribution in [0.15, 0.2) is 0 Å². The molecule has 0 fully saturated rings. The van der Waals surface area contributed by atoms with E-state index in [1.807, 2.05) is 19.0 Å². The van der Waals surface area contributed by atoms with Crippen molar-refractivity contribution in [3.8, 4) is 0 Å². The minimum Gasteiger partial charge on any atom is -0.370 e. The number of aryl methyl sites for hydroxylation is 1. The van der Waals surface area contributed by atoms with Crippen molar-refractivity contribution in [3.05, 3.63) is 11.3 Å². The van der Waals surface area contributed by atoms with Crippen LogP contribution in [-0.4, -0.2) is 30.6 Å². The monoisotopic (exact) mass is 234 g/mol. The molecule has 0 spiro atoms. The van der Waals surface area contributed by atoms with E-state index in [2.05, 4.69) is 22.2 Å². The van der Waals surface area contributed by atoms with Gasteiger partial charge in [-0.25, -0.2) is 4.98 Å². The van der Waals surface area contributed by atoms with Gasteiger partial charge < -0.3 is 10.2 Å². The van der Waals surface area contributed by atoms with Crippen molar-refractivity contribution in [3.63, 3.8) is 0 Å². The Kier molecular flexibility index (Phi) is 3.82. The summed E-state index contributed by atoms with van der Waals surface area (Å²) in [5.41, 5.74) is 2.59. The molecule has 0 saturated carbocycles. The molecule has 1 aliphatic carbocycles. The molecule has 1 aromatic rings. The van der Waals surface area contributed by atoms with Crippen molar-refractivity contribution in [2.24, 2.45) is 0 Å². The predicted octanol–water partition coefficient (Wildman–Crippen LogP) is 2.24. The highest BCUT2D eigenvalue weighted by atomic mass is 15.2. The van der Waals surface area contributed by atoms with Crippen LogP contribution in [0.4, 0.5) is 11.8 Å². The summed E-state index contributed by atoms with van der Waals surface area (Å²) in [4.78, 5) is 11.3. The van der Waals surface area contributed by atoms with E-state index in [4.69, 9.17) is 0 Å². The molecule has 1 aromatic heterocycles. The van der Waals surface area contributed by atoms with Gasteiger partial charge in [0.05, 0.1) is 5.69 Å². The number of hydrogen-bond acceptors (Lipinski definition) is 4. The third-order valence-electron chi connectivity index (χ3n) is 3.11. The molecule has 17 heavy (non-hydrogen) atoms. The number of nitrogens with one attached hydrogen (secondary N) is 1. The van der Waals surface area contributed by atoms with Gasteiger partial charge in [0.1, 0.15) is 5.82 Å². The Bertz CT molecular complexity index is 387. The average molecular weight is 234 g/mol. The van der Waals surface area contributed by atoms with Gasteiger partial charge in [0.25, 0.3) is 0 Å². The maximum atomic E-state index is 4.66. The Balaban J connectivity index is 2.35. The van der Waals surface area contributed by atoms with Crippen LogP contribution in [0.5, 0.6) is 0 Å². The predicted molar refractivity (Wildman–Crippen MR) is 71.8 cm³/mol. The molecular weight excluding hydrogens is 212 g/mol. The van der Waals surface area contributed by atoms with Gasteiger partial charge in [-0.15, -0.1) is 0 Å². The van der Waals surface area contributed by atoms with E-state index in [9.17, 15) is 0 Å². The maximum absolute atomic E-state index is 4.66. The van der Waals surface area contributed by atoms with Crippen molar-refractivity contribution in [2.75, 3.05) is 30.9 Å². The fourth-order valence-corrected chi connectivity index (χ4v) is 2.17. The van der Waals surface area contributed by atoms with Gasteiger partial charge in [-0.3, -0.25) is 0 Å². The van der Waals surface area contributed by atoms with Crippen molar-refractivity contribution in [1.82, 2.24) is 9.97 Å². The van der Waals surface area contributed by atoms with Gasteiger partial charge >= 0.3 is 0 Å². The summed E-state index contributed by atoms with van der Waals surface area (Å²) in [6.45, 7) is 3.16. The standard InChI is InChI=1S/C13H22N4/c1-4-9-14-12-10-7-5-6-8-11(10)15-13(16-12)17(2)3/h4-9H2,1-3H3,(H,14,15,16). The Labute approximate surface area is 103 Å². The second kappa shape index (κ2) is 5.34. The Morgan fingerprint density at radius 3 is 2.65 bits per heavy atom. The Morgan fingerprint density at radius 1 is 1.18 bits per heavy atom. The lowest BCUT2D eigenvalue weighted by Crippen LogP contribution is -2.19. The number of fused-ring (bicyclic) bond motifs is 1. The average Bonchev–Trinajstić information content (AvgIpc) is 2.35. The van der Waals surface area contributed by atoms with Gasteiger partial charge in [-0.1, -0.05) is 6.92 Å².